The van der Waals surface area contributed by atoms with E-state index >= 15 is 0 Å². The van der Waals surface area contributed by atoms with Crippen LogP contribution in [-0.2, 0) is 14.3 Å². The lowest BCUT2D eigenvalue weighted by atomic mass is 9.99. The fraction of sp³-hybridized carbons (Fsp3) is 0.621. The molecule has 1 fully saturated rings. The van der Waals surface area contributed by atoms with Crippen molar-refractivity contribution in [2.24, 2.45) is 0 Å². The molecule has 1 aliphatic heterocycles. The molecule has 75 heavy (non-hydrogen) atoms. The Morgan fingerprint density at radius 2 is 0.827 bits per heavy atom. The first kappa shape index (κ1) is 69.1. The summed E-state index contributed by atoms with van der Waals surface area (Å²) in [6.45, 7) is 3.63. The summed E-state index contributed by atoms with van der Waals surface area (Å²) >= 11 is 0. The maximum absolute atomic E-state index is 13.0. The predicted octanol–water partition coefficient (Wildman–Crippen LogP) is 15.1. The average Bonchev–Trinajstić information content (AvgIpc) is 3.41. The summed E-state index contributed by atoms with van der Waals surface area (Å²) in [5.41, 5.74) is 0. The molecular formula is C66H107NO8. The summed E-state index contributed by atoms with van der Waals surface area (Å²) in [6.07, 6.45) is 76.2. The Morgan fingerprint density at radius 3 is 1.23 bits per heavy atom. The van der Waals surface area contributed by atoms with Crippen molar-refractivity contribution in [1.82, 2.24) is 5.32 Å². The smallest absolute Gasteiger partial charge is 0.220 e. The van der Waals surface area contributed by atoms with Crippen molar-refractivity contribution < 1.29 is 39.8 Å². The summed E-state index contributed by atoms with van der Waals surface area (Å²) in [6, 6.07) is -0.834. The van der Waals surface area contributed by atoms with Crippen molar-refractivity contribution in [3.63, 3.8) is 0 Å². The van der Waals surface area contributed by atoms with Crippen LogP contribution in [0.25, 0.3) is 0 Å². The summed E-state index contributed by atoms with van der Waals surface area (Å²) in [5.74, 6) is -0.215. The fourth-order valence-electron chi connectivity index (χ4n) is 8.28. The number of hydrogen-bond acceptors (Lipinski definition) is 8. The lowest BCUT2D eigenvalue weighted by Gasteiger charge is -2.40. The van der Waals surface area contributed by atoms with Crippen LogP contribution in [0.1, 0.15) is 206 Å². The van der Waals surface area contributed by atoms with Crippen LogP contribution in [0.15, 0.2) is 146 Å². The van der Waals surface area contributed by atoms with Crippen LogP contribution < -0.4 is 5.32 Å². The van der Waals surface area contributed by atoms with E-state index in [0.29, 0.717) is 12.8 Å². The molecule has 0 radical (unpaired) electrons. The Labute approximate surface area is 457 Å². The molecule has 1 rings (SSSR count). The van der Waals surface area contributed by atoms with E-state index in [0.717, 1.165) is 109 Å². The number of nitrogens with one attached hydrogen (secondary N) is 1. The van der Waals surface area contributed by atoms with Gasteiger partial charge in [-0.2, -0.15) is 0 Å². The van der Waals surface area contributed by atoms with Gasteiger partial charge in [-0.15, -0.1) is 0 Å². The first-order valence-electron chi connectivity index (χ1n) is 29.6. The Kier molecular flexibility index (Phi) is 49.2. The highest BCUT2D eigenvalue weighted by molar-refractivity contribution is 5.76. The van der Waals surface area contributed by atoms with E-state index in [1.54, 1.807) is 6.08 Å². The van der Waals surface area contributed by atoms with E-state index in [1.807, 2.05) is 6.08 Å². The number of aliphatic hydroxyl groups is 5. The SMILES string of the molecule is CC/C=C\C/C=C\C/C=C\C/C=C\C/C=C\C/C=C\C/C=C\C/C=C\C/C=C\C/C=C\C/C=C\CCCCCC(=O)NC(COC1OC(CO)C(O)C(O)C1O)C(O)/C=C/CCCCCCCCCCCCCCC. The second-order valence-electron chi connectivity index (χ2n) is 19.7. The van der Waals surface area contributed by atoms with Crippen molar-refractivity contribution in [2.75, 3.05) is 13.2 Å². The van der Waals surface area contributed by atoms with Crippen molar-refractivity contribution in [1.29, 1.82) is 0 Å². The molecule has 1 amide bonds. The molecule has 0 aromatic rings. The molecule has 1 aliphatic rings. The zero-order valence-electron chi connectivity index (χ0n) is 47.0. The molecule has 9 nitrogen and oxygen atoms in total. The van der Waals surface area contributed by atoms with Crippen LogP contribution in [0.5, 0.6) is 0 Å². The van der Waals surface area contributed by atoms with Gasteiger partial charge in [-0.3, -0.25) is 4.79 Å². The molecule has 0 aromatic carbocycles. The first-order chi connectivity index (χ1) is 36.8. The monoisotopic (exact) mass is 1040 g/mol. The fourth-order valence-corrected chi connectivity index (χ4v) is 8.28. The molecule has 7 atom stereocenters. The van der Waals surface area contributed by atoms with Crippen molar-refractivity contribution in [2.45, 2.75) is 249 Å². The van der Waals surface area contributed by atoms with E-state index in [1.165, 1.54) is 70.6 Å². The second kappa shape index (κ2) is 53.5. The zero-order valence-corrected chi connectivity index (χ0v) is 47.0. The summed E-state index contributed by atoms with van der Waals surface area (Å²) in [4.78, 5) is 13.0. The maximum atomic E-state index is 13.0. The van der Waals surface area contributed by atoms with Crippen LogP contribution in [0, 0.1) is 0 Å². The number of carbonyl (C=O) groups excluding carboxylic acids is 1. The Balaban J connectivity index is 2.24. The minimum atomic E-state index is -1.58. The van der Waals surface area contributed by atoms with E-state index < -0.39 is 49.5 Å². The zero-order chi connectivity index (χ0) is 54.3. The molecule has 7 unspecified atom stereocenters. The maximum Gasteiger partial charge on any atom is 0.220 e. The standard InChI is InChI=1S/C66H107NO8/c1-3-5-7-9-11-13-15-17-19-20-21-22-23-24-25-26-27-28-29-30-31-32-33-34-35-36-37-38-39-40-42-44-46-48-50-52-54-56-62(70)67-59(58-74-66-65(73)64(72)63(71)61(57-68)75-66)60(69)55-53-51-49-47-45-43-41-18-16-14-12-10-8-6-4-2/h5,7,11,13,17,19,21-22,24-25,27-28,30-31,33-34,36-37,39-40,44,46,53,55,59-61,63-66,68-69,71-73H,3-4,6,8-10,12,14-16,18,20,23,26,29,32,35,38,41-43,45,47-52,54,56-58H2,1-2H3,(H,67,70)/b7-5-,13-11-,19-17-,22-21-,25-24-,28-27-,31-30-,34-33-,37-36-,40-39-,46-44-,55-53+. The van der Waals surface area contributed by atoms with E-state index in [4.69, 9.17) is 9.47 Å². The molecule has 6 N–H and O–H groups in total. The van der Waals surface area contributed by atoms with Crippen molar-refractivity contribution in [3.8, 4) is 0 Å². The molecule has 0 bridgehead atoms. The molecule has 0 saturated carbocycles. The van der Waals surface area contributed by atoms with Crippen LogP contribution in [0.4, 0.5) is 0 Å². The van der Waals surface area contributed by atoms with Gasteiger partial charge in [0.15, 0.2) is 6.29 Å². The topological polar surface area (TPSA) is 149 Å². The largest absolute Gasteiger partial charge is 0.394 e. The van der Waals surface area contributed by atoms with Gasteiger partial charge in [0.25, 0.3) is 0 Å². The molecule has 9 heteroatoms. The van der Waals surface area contributed by atoms with Crippen LogP contribution in [-0.4, -0.2) is 87.5 Å². The third-order valence-electron chi connectivity index (χ3n) is 12.9. The van der Waals surface area contributed by atoms with Gasteiger partial charge in [0.05, 0.1) is 25.4 Å². The number of carbonyl (C=O) groups is 1. The van der Waals surface area contributed by atoms with E-state index in [2.05, 4.69) is 153 Å². The summed E-state index contributed by atoms with van der Waals surface area (Å²) < 4.78 is 11.2. The van der Waals surface area contributed by atoms with Gasteiger partial charge < -0.3 is 40.3 Å². The Bertz CT molecular complexity index is 1680. The number of aliphatic hydroxyl groups excluding tert-OH is 5. The minimum absolute atomic E-state index is 0.211. The highest BCUT2D eigenvalue weighted by atomic mass is 16.7. The van der Waals surface area contributed by atoms with E-state index in [-0.39, 0.29) is 12.5 Å². The third kappa shape index (κ3) is 42.8. The summed E-state index contributed by atoms with van der Waals surface area (Å²) in [7, 11) is 0. The van der Waals surface area contributed by atoms with Crippen molar-refractivity contribution in [3.05, 3.63) is 146 Å². The van der Waals surface area contributed by atoms with E-state index in [9.17, 15) is 30.3 Å². The normalized spacial score (nSPS) is 20.0. The molecule has 1 saturated heterocycles. The quantitative estimate of drug-likeness (QED) is 0.0261. The molecule has 0 aliphatic carbocycles. The number of ether oxygens (including phenoxy) is 2. The van der Waals surface area contributed by atoms with Gasteiger partial charge in [-0.1, -0.05) is 243 Å². The number of amides is 1. The highest BCUT2D eigenvalue weighted by Gasteiger charge is 2.44. The van der Waals surface area contributed by atoms with Gasteiger partial charge in [0.2, 0.25) is 5.91 Å². The van der Waals surface area contributed by atoms with Gasteiger partial charge in [-0.25, -0.2) is 0 Å². The number of allylic oxidation sites excluding steroid dienone is 23. The molecule has 0 aromatic heterocycles. The van der Waals surface area contributed by atoms with Gasteiger partial charge in [-0.05, 0) is 103 Å². The van der Waals surface area contributed by atoms with Crippen molar-refractivity contribution >= 4 is 5.91 Å². The number of hydrogen-bond donors (Lipinski definition) is 6. The van der Waals surface area contributed by atoms with Gasteiger partial charge in [0.1, 0.15) is 24.4 Å². The van der Waals surface area contributed by atoms with Gasteiger partial charge in [0, 0.05) is 6.42 Å². The number of rotatable bonds is 48. The highest BCUT2D eigenvalue weighted by Crippen LogP contribution is 2.23. The molecule has 0 spiro atoms. The average molecular weight is 1040 g/mol. The molecule has 1 heterocycles. The lowest BCUT2D eigenvalue weighted by molar-refractivity contribution is -0.302. The minimum Gasteiger partial charge on any atom is -0.394 e. The lowest BCUT2D eigenvalue weighted by Crippen LogP contribution is -2.60. The predicted molar refractivity (Wildman–Crippen MR) is 317 cm³/mol. The second-order valence-corrected chi connectivity index (χ2v) is 19.7. The first-order valence-corrected chi connectivity index (χ1v) is 29.6. The van der Waals surface area contributed by atoms with Crippen LogP contribution >= 0.6 is 0 Å². The summed E-state index contributed by atoms with van der Waals surface area (Å²) in [5, 5.41) is 54.4. The van der Waals surface area contributed by atoms with Gasteiger partial charge >= 0.3 is 0 Å². The Hall–Kier alpha value is -3.93. The molecular weight excluding hydrogens is 935 g/mol. The van der Waals surface area contributed by atoms with Crippen LogP contribution in [0.2, 0.25) is 0 Å². The Morgan fingerprint density at radius 1 is 0.467 bits per heavy atom. The molecule has 424 valence electrons. The third-order valence-corrected chi connectivity index (χ3v) is 12.9. The van der Waals surface area contributed by atoms with Crippen LogP contribution in [0.3, 0.4) is 0 Å². The number of unbranched alkanes of at least 4 members (excludes halogenated alkanes) is 16.